The molecule has 0 aliphatic carbocycles. The van der Waals surface area contributed by atoms with Gasteiger partial charge in [-0.2, -0.15) is 0 Å². The summed E-state index contributed by atoms with van der Waals surface area (Å²) in [7, 11) is -2.31. The molecule has 20 heavy (non-hydrogen) atoms. The van der Waals surface area contributed by atoms with Crippen molar-refractivity contribution in [3.05, 3.63) is 29.6 Å². The predicted molar refractivity (Wildman–Crippen MR) is 75.2 cm³/mol. The molecule has 0 aromatic heterocycles. The molecule has 114 valence electrons. The van der Waals surface area contributed by atoms with E-state index in [9.17, 15) is 12.8 Å². The molecule has 1 aromatic rings. The van der Waals surface area contributed by atoms with Crippen LogP contribution in [0.25, 0.3) is 0 Å². The highest BCUT2D eigenvalue weighted by atomic mass is 32.2. The largest absolute Gasteiger partial charge is 0.383 e. The zero-order valence-corrected chi connectivity index (χ0v) is 12.5. The number of rotatable bonds is 8. The van der Waals surface area contributed by atoms with Gasteiger partial charge < -0.3 is 10.5 Å². The number of ether oxygens (including phenoxy) is 1. The molecule has 0 heterocycles. The normalized spacial score (nSPS) is 13.4. The fourth-order valence-corrected chi connectivity index (χ4v) is 3.47. The van der Waals surface area contributed by atoms with Crippen LogP contribution in [0.3, 0.4) is 0 Å². The number of hydrogen-bond acceptors (Lipinski definition) is 4. The Balaban J connectivity index is 3.06. The Hall–Kier alpha value is -1.02. The maximum atomic E-state index is 13.3. The zero-order valence-electron chi connectivity index (χ0n) is 11.7. The van der Waals surface area contributed by atoms with E-state index in [1.807, 2.05) is 6.92 Å². The van der Waals surface area contributed by atoms with E-state index in [1.165, 1.54) is 19.2 Å². The summed E-state index contributed by atoms with van der Waals surface area (Å²) in [6, 6.07) is 3.22. The Labute approximate surface area is 119 Å². The van der Waals surface area contributed by atoms with Crippen LogP contribution < -0.4 is 10.5 Å². The van der Waals surface area contributed by atoms with Crippen LogP contribution in [-0.2, 0) is 21.3 Å². The minimum absolute atomic E-state index is 0.0270. The number of benzene rings is 1. The molecule has 0 aliphatic heterocycles. The highest BCUT2D eigenvalue weighted by Gasteiger charge is 2.22. The van der Waals surface area contributed by atoms with Gasteiger partial charge in [-0.25, -0.2) is 17.5 Å². The smallest absolute Gasteiger partial charge is 0.241 e. The third kappa shape index (κ3) is 4.52. The molecule has 3 N–H and O–H groups in total. The Bertz CT molecular complexity index is 528. The average Bonchev–Trinajstić information content (AvgIpc) is 2.39. The molecular weight excluding hydrogens is 283 g/mol. The van der Waals surface area contributed by atoms with Crippen molar-refractivity contribution in [2.75, 3.05) is 13.7 Å². The lowest BCUT2D eigenvalue weighted by Crippen LogP contribution is -2.38. The predicted octanol–water partition coefficient (Wildman–Crippen LogP) is 1.38. The molecule has 0 saturated carbocycles. The summed E-state index contributed by atoms with van der Waals surface area (Å²) in [5.74, 6) is -0.610. The fourth-order valence-electron chi connectivity index (χ4n) is 1.96. The second-order valence-electron chi connectivity index (χ2n) is 4.52. The van der Waals surface area contributed by atoms with Gasteiger partial charge in [-0.1, -0.05) is 19.4 Å². The van der Waals surface area contributed by atoms with E-state index in [-0.39, 0.29) is 24.1 Å². The number of sulfonamides is 1. The highest BCUT2D eigenvalue weighted by molar-refractivity contribution is 7.89. The van der Waals surface area contributed by atoms with Gasteiger partial charge in [0.05, 0.1) is 11.5 Å². The van der Waals surface area contributed by atoms with E-state index in [0.717, 1.165) is 12.5 Å². The van der Waals surface area contributed by atoms with Gasteiger partial charge in [-0.15, -0.1) is 0 Å². The van der Waals surface area contributed by atoms with E-state index in [0.29, 0.717) is 12.0 Å². The molecule has 0 amide bonds. The average molecular weight is 304 g/mol. The van der Waals surface area contributed by atoms with Crippen molar-refractivity contribution < 1.29 is 17.5 Å². The third-order valence-corrected chi connectivity index (χ3v) is 4.47. The van der Waals surface area contributed by atoms with Crippen LogP contribution in [-0.4, -0.2) is 28.2 Å². The summed E-state index contributed by atoms with van der Waals surface area (Å²) < 4.78 is 45.5. The molecule has 1 atom stereocenters. The van der Waals surface area contributed by atoms with Crippen LogP contribution >= 0.6 is 0 Å². The highest BCUT2D eigenvalue weighted by Crippen LogP contribution is 2.18. The molecule has 1 rings (SSSR count). The van der Waals surface area contributed by atoms with Gasteiger partial charge in [0.1, 0.15) is 5.82 Å². The minimum Gasteiger partial charge on any atom is -0.383 e. The van der Waals surface area contributed by atoms with Gasteiger partial charge in [-0.3, -0.25) is 0 Å². The van der Waals surface area contributed by atoms with Crippen molar-refractivity contribution in [3.63, 3.8) is 0 Å². The van der Waals surface area contributed by atoms with Crippen molar-refractivity contribution in [2.24, 2.45) is 5.73 Å². The van der Waals surface area contributed by atoms with Crippen LogP contribution in [0.2, 0.25) is 0 Å². The quantitative estimate of drug-likeness (QED) is 0.760. The summed E-state index contributed by atoms with van der Waals surface area (Å²) in [5, 5.41) is 0. The van der Waals surface area contributed by atoms with Crippen LogP contribution in [0.4, 0.5) is 4.39 Å². The van der Waals surface area contributed by atoms with Gasteiger partial charge in [0.15, 0.2) is 0 Å². The molecule has 0 bridgehead atoms. The SMILES string of the molecule is CCCC(COC)NS(=O)(=O)c1cc(F)ccc1CN. The molecule has 0 fully saturated rings. The number of halogens is 1. The first-order chi connectivity index (χ1) is 9.44. The van der Waals surface area contributed by atoms with Crippen molar-refractivity contribution in [3.8, 4) is 0 Å². The Morgan fingerprint density at radius 2 is 2.15 bits per heavy atom. The molecule has 1 unspecified atom stereocenters. The van der Waals surface area contributed by atoms with Crippen molar-refractivity contribution in [1.29, 1.82) is 0 Å². The first-order valence-corrected chi connectivity index (χ1v) is 7.92. The summed E-state index contributed by atoms with van der Waals surface area (Å²) in [5.41, 5.74) is 5.89. The van der Waals surface area contributed by atoms with Gasteiger partial charge in [0.2, 0.25) is 10.0 Å². The lowest BCUT2D eigenvalue weighted by molar-refractivity contribution is 0.171. The van der Waals surface area contributed by atoms with Gasteiger partial charge in [0, 0.05) is 19.7 Å². The van der Waals surface area contributed by atoms with Crippen LogP contribution in [0.5, 0.6) is 0 Å². The van der Waals surface area contributed by atoms with E-state index >= 15 is 0 Å². The van der Waals surface area contributed by atoms with E-state index in [1.54, 1.807) is 0 Å². The molecule has 7 heteroatoms. The molecule has 0 saturated heterocycles. The molecule has 1 aromatic carbocycles. The molecule has 0 radical (unpaired) electrons. The molecule has 0 spiro atoms. The standard InChI is InChI=1S/C13H21FN2O3S/c1-3-4-12(9-19-2)16-20(17,18)13-7-11(14)6-5-10(13)8-15/h5-7,12,16H,3-4,8-9,15H2,1-2H3. The summed E-state index contributed by atoms with van der Waals surface area (Å²) in [6.45, 7) is 2.24. The number of nitrogens with two attached hydrogens (primary N) is 1. The third-order valence-electron chi connectivity index (χ3n) is 2.87. The van der Waals surface area contributed by atoms with E-state index in [4.69, 9.17) is 10.5 Å². The maximum absolute atomic E-state index is 13.3. The summed E-state index contributed by atoms with van der Waals surface area (Å²) in [6.07, 6.45) is 1.45. The van der Waals surface area contributed by atoms with E-state index < -0.39 is 15.8 Å². The summed E-state index contributed by atoms with van der Waals surface area (Å²) >= 11 is 0. The van der Waals surface area contributed by atoms with Crippen LogP contribution in [0, 0.1) is 5.82 Å². The first-order valence-electron chi connectivity index (χ1n) is 6.44. The number of methoxy groups -OCH3 is 1. The Morgan fingerprint density at radius 3 is 2.70 bits per heavy atom. The first kappa shape index (κ1) is 17.0. The van der Waals surface area contributed by atoms with Gasteiger partial charge in [-0.05, 0) is 24.1 Å². The van der Waals surface area contributed by atoms with Crippen molar-refractivity contribution in [2.45, 2.75) is 37.2 Å². The zero-order chi connectivity index (χ0) is 15.2. The van der Waals surface area contributed by atoms with Crippen molar-refractivity contribution >= 4 is 10.0 Å². The molecular formula is C13H21FN2O3S. The van der Waals surface area contributed by atoms with Gasteiger partial charge >= 0.3 is 0 Å². The van der Waals surface area contributed by atoms with Crippen LogP contribution in [0.1, 0.15) is 25.3 Å². The maximum Gasteiger partial charge on any atom is 0.241 e. The second kappa shape index (κ2) is 7.68. The van der Waals surface area contributed by atoms with E-state index in [2.05, 4.69) is 4.72 Å². The fraction of sp³-hybridized carbons (Fsp3) is 0.538. The monoisotopic (exact) mass is 304 g/mol. The lowest BCUT2D eigenvalue weighted by Gasteiger charge is -2.18. The summed E-state index contributed by atoms with van der Waals surface area (Å²) in [4.78, 5) is -0.114. The Kier molecular flexibility index (Phi) is 6.54. The number of nitrogens with one attached hydrogen (secondary N) is 1. The molecule has 0 aliphatic rings. The minimum atomic E-state index is -3.82. The number of hydrogen-bond donors (Lipinski definition) is 2. The lowest BCUT2D eigenvalue weighted by atomic mass is 10.2. The van der Waals surface area contributed by atoms with Gasteiger partial charge in [0.25, 0.3) is 0 Å². The molecule has 5 nitrogen and oxygen atoms in total. The Morgan fingerprint density at radius 1 is 1.45 bits per heavy atom. The second-order valence-corrected chi connectivity index (χ2v) is 6.20. The van der Waals surface area contributed by atoms with Crippen molar-refractivity contribution in [1.82, 2.24) is 4.72 Å². The topological polar surface area (TPSA) is 81.4 Å². The van der Waals surface area contributed by atoms with Crippen LogP contribution in [0.15, 0.2) is 23.1 Å².